The molecule has 1 saturated heterocycles. The summed E-state index contributed by atoms with van der Waals surface area (Å²) in [7, 11) is 0. The molecule has 19 heavy (non-hydrogen) atoms. The van der Waals surface area contributed by atoms with E-state index >= 15 is 0 Å². The lowest BCUT2D eigenvalue weighted by molar-refractivity contribution is -0.127. The smallest absolute Gasteiger partial charge is 0.246 e. The number of hydrogen-bond acceptors (Lipinski definition) is 4. The van der Waals surface area contributed by atoms with E-state index in [2.05, 4.69) is 10.2 Å². The molecule has 1 aromatic rings. The van der Waals surface area contributed by atoms with Gasteiger partial charge >= 0.3 is 0 Å². The molecular weight excluding hydrogens is 242 g/mol. The molecule has 1 aliphatic heterocycles. The van der Waals surface area contributed by atoms with Crippen LogP contribution in [-0.4, -0.2) is 40.2 Å². The highest BCUT2D eigenvalue weighted by atomic mass is 16.5. The van der Waals surface area contributed by atoms with Gasteiger partial charge in [-0.2, -0.15) is 5.10 Å². The fourth-order valence-electron chi connectivity index (χ4n) is 2.06. The van der Waals surface area contributed by atoms with E-state index in [1.807, 2.05) is 30.9 Å². The number of aromatic nitrogens is 2. The second kappa shape index (κ2) is 6.31. The third-order valence-corrected chi connectivity index (χ3v) is 3.12. The van der Waals surface area contributed by atoms with E-state index in [0.29, 0.717) is 5.88 Å². The summed E-state index contributed by atoms with van der Waals surface area (Å²) in [6.45, 7) is 5.20. The van der Waals surface area contributed by atoms with Crippen molar-refractivity contribution in [3.63, 3.8) is 0 Å². The molecule has 0 bridgehead atoms. The van der Waals surface area contributed by atoms with Crippen molar-refractivity contribution in [2.45, 2.75) is 32.8 Å². The largest absolute Gasteiger partial charge is 0.473 e. The minimum Gasteiger partial charge on any atom is -0.473 e. The first-order valence-corrected chi connectivity index (χ1v) is 6.57. The third-order valence-electron chi connectivity index (χ3n) is 3.12. The highest BCUT2D eigenvalue weighted by molar-refractivity contribution is 5.87. The Labute approximate surface area is 113 Å². The van der Waals surface area contributed by atoms with E-state index in [1.165, 1.54) is 0 Å². The number of carbonyl (C=O) groups excluding carboxylic acids is 1. The molecule has 1 aliphatic rings. The second-order valence-corrected chi connectivity index (χ2v) is 4.66. The van der Waals surface area contributed by atoms with Gasteiger partial charge in [0.2, 0.25) is 11.8 Å². The average Bonchev–Trinajstić information content (AvgIpc) is 2.42. The summed E-state index contributed by atoms with van der Waals surface area (Å²) in [4.78, 5) is 13.5. The first-order valence-electron chi connectivity index (χ1n) is 6.57. The Morgan fingerprint density at radius 2 is 2.11 bits per heavy atom. The van der Waals surface area contributed by atoms with Crippen molar-refractivity contribution in [2.75, 3.05) is 13.1 Å². The number of piperidine rings is 1. The zero-order valence-electron chi connectivity index (χ0n) is 11.4. The molecule has 0 aliphatic carbocycles. The van der Waals surface area contributed by atoms with Gasteiger partial charge in [0.1, 0.15) is 6.10 Å². The maximum atomic E-state index is 11.7. The topological polar surface area (TPSA) is 55.3 Å². The number of amides is 1. The number of hydrogen-bond donors (Lipinski definition) is 0. The lowest BCUT2D eigenvalue weighted by Crippen LogP contribution is -2.41. The lowest BCUT2D eigenvalue weighted by Gasteiger charge is -2.31. The molecule has 102 valence electrons. The number of aryl methyl sites for hydroxylation is 1. The van der Waals surface area contributed by atoms with E-state index in [1.54, 1.807) is 12.2 Å². The van der Waals surface area contributed by atoms with Gasteiger partial charge in [0, 0.05) is 32.0 Å². The number of allylic oxidation sites excluding steroid dienone is 1. The molecule has 1 amide bonds. The van der Waals surface area contributed by atoms with E-state index < -0.39 is 0 Å². The summed E-state index contributed by atoms with van der Waals surface area (Å²) in [5.74, 6) is 0.639. The summed E-state index contributed by atoms with van der Waals surface area (Å²) >= 11 is 0. The lowest BCUT2D eigenvalue weighted by atomic mass is 10.1. The number of carbonyl (C=O) groups is 1. The van der Waals surface area contributed by atoms with Gasteiger partial charge in [-0.15, -0.1) is 5.10 Å². The molecule has 2 rings (SSSR count). The molecular formula is C14H19N3O2. The van der Waals surface area contributed by atoms with Crippen molar-refractivity contribution < 1.29 is 9.53 Å². The van der Waals surface area contributed by atoms with Crippen LogP contribution in [0.15, 0.2) is 24.3 Å². The van der Waals surface area contributed by atoms with E-state index in [0.717, 1.165) is 31.6 Å². The predicted octanol–water partition coefficient (Wildman–Crippen LogP) is 1.73. The summed E-state index contributed by atoms with van der Waals surface area (Å²) in [5.41, 5.74) is 0.874. The standard InChI is InChI=1S/C14H19N3O2/c1-3-4-14(18)17-9-7-12(8-10-17)19-13-6-5-11(2)15-16-13/h3-6,12H,7-10H2,1-2H3/b4-3+. The normalized spacial score (nSPS) is 16.8. The van der Waals surface area contributed by atoms with Crippen molar-refractivity contribution in [3.05, 3.63) is 30.0 Å². The Morgan fingerprint density at radius 1 is 1.37 bits per heavy atom. The highest BCUT2D eigenvalue weighted by Crippen LogP contribution is 2.17. The third kappa shape index (κ3) is 3.77. The van der Waals surface area contributed by atoms with Crippen LogP contribution in [0.3, 0.4) is 0 Å². The van der Waals surface area contributed by atoms with Gasteiger partial charge < -0.3 is 9.64 Å². The van der Waals surface area contributed by atoms with Crippen LogP contribution < -0.4 is 4.74 Å². The molecule has 5 heteroatoms. The maximum absolute atomic E-state index is 11.7. The zero-order chi connectivity index (χ0) is 13.7. The molecule has 0 unspecified atom stereocenters. The van der Waals surface area contributed by atoms with Gasteiger partial charge in [-0.1, -0.05) is 6.08 Å². The van der Waals surface area contributed by atoms with Crippen LogP contribution in [0.2, 0.25) is 0 Å². The van der Waals surface area contributed by atoms with Crippen molar-refractivity contribution in [2.24, 2.45) is 0 Å². The van der Waals surface area contributed by atoms with Gasteiger partial charge in [-0.3, -0.25) is 4.79 Å². The average molecular weight is 261 g/mol. The molecule has 0 radical (unpaired) electrons. The van der Waals surface area contributed by atoms with Crippen LogP contribution in [0.1, 0.15) is 25.5 Å². The minimum atomic E-state index is 0.0797. The Kier molecular flexibility index (Phi) is 4.49. The highest BCUT2D eigenvalue weighted by Gasteiger charge is 2.22. The SMILES string of the molecule is C/C=C/C(=O)N1CCC(Oc2ccc(C)nn2)CC1. The van der Waals surface area contributed by atoms with Crippen molar-refractivity contribution in [3.8, 4) is 5.88 Å². The van der Waals surface area contributed by atoms with Crippen LogP contribution >= 0.6 is 0 Å². The van der Waals surface area contributed by atoms with Crippen LogP contribution in [0, 0.1) is 6.92 Å². The number of nitrogens with zero attached hydrogens (tertiary/aromatic N) is 3. The number of ether oxygens (including phenoxy) is 1. The van der Waals surface area contributed by atoms with Gasteiger partial charge in [0.05, 0.1) is 5.69 Å². The van der Waals surface area contributed by atoms with Crippen molar-refractivity contribution >= 4 is 5.91 Å². The van der Waals surface area contributed by atoms with Gasteiger partial charge in [-0.05, 0) is 26.0 Å². The molecule has 0 spiro atoms. The van der Waals surface area contributed by atoms with Crippen LogP contribution in [-0.2, 0) is 4.79 Å². The monoisotopic (exact) mass is 261 g/mol. The van der Waals surface area contributed by atoms with Crippen LogP contribution in [0.4, 0.5) is 0 Å². The molecule has 1 fully saturated rings. The molecule has 0 atom stereocenters. The van der Waals surface area contributed by atoms with Gasteiger partial charge in [0.15, 0.2) is 0 Å². The Hall–Kier alpha value is -1.91. The number of likely N-dealkylation sites (tertiary alicyclic amines) is 1. The first-order chi connectivity index (χ1) is 9.19. The first kappa shape index (κ1) is 13.5. The zero-order valence-corrected chi connectivity index (χ0v) is 11.4. The van der Waals surface area contributed by atoms with Gasteiger partial charge in [0.25, 0.3) is 0 Å². The molecule has 5 nitrogen and oxygen atoms in total. The van der Waals surface area contributed by atoms with E-state index in [9.17, 15) is 4.79 Å². The molecule has 1 aromatic heterocycles. The summed E-state index contributed by atoms with van der Waals surface area (Å²) in [5, 5.41) is 7.96. The van der Waals surface area contributed by atoms with Crippen molar-refractivity contribution in [1.82, 2.24) is 15.1 Å². The van der Waals surface area contributed by atoms with Gasteiger partial charge in [-0.25, -0.2) is 0 Å². The second-order valence-electron chi connectivity index (χ2n) is 4.66. The molecule has 0 saturated carbocycles. The summed E-state index contributed by atoms with van der Waals surface area (Å²) in [6.07, 6.45) is 5.16. The van der Waals surface area contributed by atoms with Crippen molar-refractivity contribution in [1.29, 1.82) is 0 Å². The maximum Gasteiger partial charge on any atom is 0.246 e. The summed E-state index contributed by atoms with van der Waals surface area (Å²) < 4.78 is 5.77. The predicted molar refractivity (Wildman–Crippen MR) is 71.8 cm³/mol. The molecule has 0 aromatic carbocycles. The quantitative estimate of drug-likeness (QED) is 0.778. The fraction of sp³-hybridized carbons (Fsp3) is 0.500. The fourth-order valence-corrected chi connectivity index (χ4v) is 2.06. The number of rotatable bonds is 3. The summed E-state index contributed by atoms with van der Waals surface area (Å²) in [6, 6.07) is 3.71. The Bertz CT molecular complexity index is 448. The van der Waals surface area contributed by atoms with Crippen LogP contribution in [0.25, 0.3) is 0 Å². The Balaban J connectivity index is 1.83. The van der Waals surface area contributed by atoms with E-state index in [4.69, 9.17) is 4.74 Å². The van der Waals surface area contributed by atoms with Crippen LogP contribution in [0.5, 0.6) is 5.88 Å². The molecule has 2 heterocycles. The molecule has 0 N–H and O–H groups in total. The minimum absolute atomic E-state index is 0.0797. The van der Waals surface area contributed by atoms with E-state index in [-0.39, 0.29) is 12.0 Å². The Morgan fingerprint density at radius 3 is 2.68 bits per heavy atom.